The fourth-order valence-electron chi connectivity index (χ4n) is 2.69. The number of thiol groups is 1. The Morgan fingerprint density at radius 2 is 1.90 bits per heavy atom. The van der Waals surface area contributed by atoms with Gasteiger partial charge in [0, 0.05) is 17.5 Å². The number of rotatable bonds is 10. The van der Waals surface area contributed by atoms with Gasteiger partial charge in [-0.05, 0) is 30.4 Å². The van der Waals surface area contributed by atoms with E-state index in [1.165, 1.54) is 25.7 Å². The Kier molecular flexibility index (Phi) is 8.49. The van der Waals surface area contributed by atoms with Crippen molar-refractivity contribution in [3.8, 4) is 0 Å². The van der Waals surface area contributed by atoms with Gasteiger partial charge in [0.05, 0.1) is 0 Å². The number of nitrogens with one attached hydrogen (secondary N) is 1. The molecule has 0 aliphatic rings. The van der Waals surface area contributed by atoms with Crippen molar-refractivity contribution in [2.24, 2.45) is 5.41 Å². The highest BCUT2D eigenvalue weighted by Gasteiger charge is 2.27. The van der Waals surface area contributed by atoms with Crippen LogP contribution in [0.4, 0.5) is 0 Å². The fourth-order valence-corrected chi connectivity index (χ4v) is 4.46. The molecule has 0 saturated heterocycles. The molecule has 1 heterocycles. The number of aromatic amines is 1. The van der Waals surface area contributed by atoms with Crippen LogP contribution in [0.3, 0.4) is 0 Å². The van der Waals surface area contributed by atoms with Crippen LogP contribution in [0.2, 0.25) is 0 Å². The molecular formula is C16H28N2OS2. The van der Waals surface area contributed by atoms with Gasteiger partial charge in [0.2, 0.25) is 0 Å². The van der Waals surface area contributed by atoms with Gasteiger partial charge in [-0.25, -0.2) is 4.98 Å². The van der Waals surface area contributed by atoms with Gasteiger partial charge >= 0.3 is 0 Å². The Morgan fingerprint density at radius 3 is 2.43 bits per heavy atom. The first-order valence-corrected chi connectivity index (χ1v) is 9.54. The van der Waals surface area contributed by atoms with Gasteiger partial charge in [0.25, 0.3) is 5.56 Å². The number of H-pyrrole nitrogens is 1. The van der Waals surface area contributed by atoms with Crippen LogP contribution in [0.15, 0.2) is 16.0 Å². The molecule has 0 aliphatic carbocycles. The van der Waals surface area contributed by atoms with Crippen LogP contribution >= 0.6 is 24.4 Å². The molecule has 21 heavy (non-hydrogen) atoms. The monoisotopic (exact) mass is 328 g/mol. The minimum atomic E-state index is -0.0431. The number of nitrogens with zero attached hydrogens (tertiary/aromatic N) is 1. The van der Waals surface area contributed by atoms with Gasteiger partial charge in [-0.3, -0.25) is 4.79 Å². The number of hydrogen-bond acceptors (Lipinski definition) is 4. The SMILES string of the molecule is CCCc1cc(=O)[nH]c(SCC(CS)(CCC)CCC)n1. The number of aromatic nitrogens is 2. The van der Waals surface area contributed by atoms with Gasteiger partial charge in [0.15, 0.2) is 5.16 Å². The van der Waals surface area contributed by atoms with Gasteiger partial charge in [-0.2, -0.15) is 12.6 Å². The topological polar surface area (TPSA) is 45.8 Å². The predicted octanol–water partition coefficient (Wildman–Crippen LogP) is 4.33. The standard InChI is InChI=1S/C16H28N2OS2/c1-4-7-13-10-14(19)18-15(17-13)21-12-16(11-20,8-5-2)9-6-3/h10,20H,4-9,11-12H2,1-3H3,(H,17,18,19). The van der Waals surface area contributed by atoms with Crippen molar-refractivity contribution in [1.29, 1.82) is 0 Å². The summed E-state index contributed by atoms with van der Waals surface area (Å²) >= 11 is 6.25. The zero-order chi connectivity index (χ0) is 15.7. The summed E-state index contributed by atoms with van der Waals surface area (Å²) in [6.07, 6.45) is 6.56. The Balaban J connectivity index is 2.81. The molecule has 5 heteroatoms. The van der Waals surface area contributed by atoms with Crippen LogP contribution < -0.4 is 5.56 Å². The molecule has 3 nitrogen and oxygen atoms in total. The van der Waals surface area contributed by atoms with Crippen molar-refractivity contribution in [3.63, 3.8) is 0 Å². The smallest absolute Gasteiger partial charge is 0.251 e. The molecule has 0 amide bonds. The Morgan fingerprint density at radius 1 is 1.24 bits per heavy atom. The first-order valence-electron chi connectivity index (χ1n) is 7.93. The van der Waals surface area contributed by atoms with E-state index in [0.29, 0.717) is 0 Å². The van der Waals surface area contributed by atoms with Crippen molar-refractivity contribution < 1.29 is 0 Å². The van der Waals surface area contributed by atoms with Crippen LogP contribution in [0.1, 0.15) is 58.6 Å². The summed E-state index contributed by atoms with van der Waals surface area (Å²) < 4.78 is 0. The lowest BCUT2D eigenvalue weighted by molar-refractivity contribution is 0.318. The van der Waals surface area contributed by atoms with Crippen molar-refractivity contribution in [3.05, 3.63) is 22.1 Å². The third kappa shape index (κ3) is 6.07. The largest absolute Gasteiger partial charge is 0.301 e. The Labute approximate surface area is 138 Å². The van der Waals surface area contributed by atoms with E-state index in [0.717, 1.165) is 35.2 Å². The fraction of sp³-hybridized carbons (Fsp3) is 0.750. The molecule has 0 radical (unpaired) electrons. The Hall–Kier alpha value is -0.420. The van der Waals surface area contributed by atoms with E-state index in [9.17, 15) is 4.79 Å². The average molecular weight is 329 g/mol. The normalized spacial score (nSPS) is 11.8. The molecule has 1 aromatic rings. The van der Waals surface area contributed by atoms with E-state index >= 15 is 0 Å². The van der Waals surface area contributed by atoms with Crippen LogP contribution in [-0.4, -0.2) is 21.5 Å². The van der Waals surface area contributed by atoms with E-state index in [-0.39, 0.29) is 11.0 Å². The van der Waals surface area contributed by atoms with Crippen LogP contribution in [0.25, 0.3) is 0 Å². The summed E-state index contributed by atoms with van der Waals surface area (Å²) in [5.41, 5.74) is 1.10. The molecule has 0 bridgehead atoms. The summed E-state index contributed by atoms with van der Waals surface area (Å²) in [5, 5.41) is 0.754. The summed E-state index contributed by atoms with van der Waals surface area (Å²) in [6, 6.07) is 1.61. The van der Waals surface area contributed by atoms with Crippen LogP contribution in [-0.2, 0) is 6.42 Å². The quantitative estimate of drug-likeness (QED) is 0.382. The lowest BCUT2D eigenvalue weighted by Gasteiger charge is -2.31. The second kappa shape index (κ2) is 9.57. The van der Waals surface area contributed by atoms with Crippen molar-refractivity contribution >= 4 is 24.4 Å². The number of thioether (sulfide) groups is 1. The summed E-state index contributed by atoms with van der Waals surface area (Å²) in [7, 11) is 0. The average Bonchev–Trinajstić information content (AvgIpc) is 2.45. The molecule has 0 fully saturated rings. The highest BCUT2D eigenvalue weighted by Crippen LogP contribution is 2.36. The van der Waals surface area contributed by atoms with Gasteiger partial charge in [0.1, 0.15) is 0 Å². The molecule has 0 atom stereocenters. The van der Waals surface area contributed by atoms with Gasteiger partial charge in [-0.1, -0.05) is 51.8 Å². The Bertz CT molecular complexity index is 468. The van der Waals surface area contributed by atoms with Crippen molar-refractivity contribution in [2.45, 2.75) is 64.5 Å². The van der Waals surface area contributed by atoms with E-state index in [1.54, 1.807) is 17.8 Å². The zero-order valence-electron chi connectivity index (χ0n) is 13.4. The number of hydrogen-bond donors (Lipinski definition) is 2. The van der Waals surface area contributed by atoms with E-state index < -0.39 is 0 Å². The van der Waals surface area contributed by atoms with Gasteiger partial charge < -0.3 is 4.98 Å². The summed E-state index contributed by atoms with van der Waals surface area (Å²) in [6.45, 7) is 6.55. The van der Waals surface area contributed by atoms with E-state index in [2.05, 4.69) is 43.4 Å². The van der Waals surface area contributed by atoms with Crippen molar-refractivity contribution in [2.75, 3.05) is 11.5 Å². The summed E-state index contributed by atoms with van der Waals surface area (Å²) in [5.74, 6) is 1.86. The molecule has 1 rings (SSSR count). The highest BCUT2D eigenvalue weighted by atomic mass is 32.2. The molecular weight excluding hydrogens is 300 g/mol. The molecule has 0 saturated carbocycles. The van der Waals surface area contributed by atoms with Crippen LogP contribution in [0.5, 0.6) is 0 Å². The lowest BCUT2D eigenvalue weighted by atomic mass is 9.83. The highest BCUT2D eigenvalue weighted by molar-refractivity contribution is 7.99. The molecule has 120 valence electrons. The molecule has 0 spiro atoms. The third-order valence-electron chi connectivity index (χ3n) is 3.69. The van der Waals surface area contributed by atoms with E-state index in [1.807, 2.05) is 0 Å². The van der Waals surface area contributed by atoms with Gasteiger partial charge in [-0.15, -0.1) is 0 Å². The second-order valence-corrected chi connectivity index (χ2v) is 7.02. The molecule has 0 aromatic carbocycles. The maximum absolute atomic E-state index is 11.7. The lowest BCUT2D eigenvalue weighted by Crippen LogP contribution is -2.26. The second-order valence-electron chi connectivity index (χ2n) is 5.74. The summed E-state index contributed by atoms with van der Waals surface area (Å²) in [4.78, 5) is 19.1. The van der Waals surface area contributed by atoms with Crippen molar-refractivity contribution in [1.82, 2.24) is 9.97 Å². The van der Waals surface area contributed by atoms with Crippen LogP contribution in [0, 0.1) is 5.41 Å². The maximum atomic E-state index is 11.7. The third-order valence-corrected chi connectivity index (χ3v) is 5.58. The molecule has 0 unspecified atom stereocenters. The zero-order valence-corrected chi connectivity index (χ0v) is 15.2. The maximum Gasteiger partial charge on any atom is 0.251 e. The molecule has 1 aromatic heterocycles. The van der Waals surface area contributed by atoms with E-state index in [4.69, 9.17) is 0 Å². The number of aryl methyl sites for hydroxylation is 1. The predicted molar refractivity (Wildman–Crippen MR) is 95.7 cm³/mol. The molecule has 0 aliphatic heterocycles. The first kappa shape index (κ1) is 18.6. The minimum absolute atomic E-state index is 0.0431. The minimum Gasteiger partial charge on any atom is -0.301 e. The molecule has 1 N–H and O–H groups in total. The first-order chi connectivity index (χ1) is 10.1.